The van der Waals surface area contributed by atoms with Crippen LogP contribution >= 0.6 is 0 Å². The molecule has 11 rings (SSSR count). The van der Waals surface area contributed by atoms with Gasteiger partial charge in [0.15, 0.2) is 0 Å². The average molecular weight is 719 g/mol. The minimum absolute atomic E-state index is 0.0806. The van der Waals surface area contributed by atoms with Crippen molar-refractivity contribution in [3.8, 4) is 39.1 Å². The summed E-state index contributed by atoms with van der Waals surface area (Å²) in [6.07, 6.45) is 0. The highest BCUT2D eigenvalue weighted by Crippen LogP contribution is 2.53. The maximum atomic E-state index is 2.48. The first-order valence-electron chi connectivity index (χ1n) is 19.8. The van der Waals surface area contributed by atoms with Crippen molar-refractivity contribution >= 4 is 38.9 Å². The van der Waals surface area contributed by atoms with E-state index in [0.717, 1.165) is 22.7 Å². The molecule has 56 heavy (non-hydrogen) atoms. The number of fused-ring (bicyclic) bond motifs is 9. The third-order valence-corrected chi connectivity index (χ3v) is 12.8. The molecule has 1 heterocycles. The molecule has 2 nitrogen and oxygen atoms in total. The molecule has 0 N–H and O–H groups in total. The molecule has 0 amide bonds. The highest BCUT2D eigenvalue weighted by molar-refractivity contribution is 6.12. The number of aromatic nitrogens is 1. The van der Waals surface area contributed by atoms with Crippen LogP contribution in [0.25, 0.3) is 60.9 Å². The molecule has 1 aromatic heterocycles. The lowest BCUT2D eigenvalue weighted by molar-refractivity contribution is 0.660. The van der Waals surface area contributed by atoms with Crippen molar-refractivity contribution in [3.63, 3.8) is 0 Å². The number of benzene rings is 8. The lowest BCUT2D eigenvalue weighted by Gasteiger charge is -2.28. The minimum Gasteiger partial charge on any atom is -0.310 e. The van der Waals surface area contributed by atoms with E-state index in [4.69, 9.17) is 0 Å². The van der Waals surface area contributed by atoms with Gasteiger partial charge < -0.3 is 9.47 Å². The van der Waals surface area contributed by atoms with Crippen LogP contribution in [0.4, 0.5) is 17.1 Å². The van der Waals surface area contributed by atoms with Gasteiger partial charge in [0, 0.05) is 44.4 Å². The van der Waals surface area contributed by atoms with Gasteiger partial charge in [0.05, 0.1) is 11.0 Å². The van der Waals surface area contributed by atoms with E-state index in [0.29, 0.717) is 0 Å². The number of hydrogen-bond acceptors (Lipinski definition) is 1. The molecule has 0 spiro atoms. The van der Waals surface area contributed by atoms with Gasteiger partial charge in [0.1, 0.15) is 0 Å². The topological polar surface area (TPSA) is 8.17 Å². The summed E-state index contributed by atoms with van der Waals surface area (Å²) in [6, 6.07) is 67.5. The lowest BCUT2D eigenvalue weighted by Crippen LogP contribution is -2.16. The second-order valence-electron chi connectivity index (χ2n) is 16.6. The normalized spacial score (nSPS) is 14.4. The molecule has 9 aromatic rings. The summed E-state index contributed by atoms with van der Waals surface area (Å²) in [5, 5.41) is 2.54. The molecular formula is C54H42N2. The number of rotatable bonds is 5. The van der Waals surface area contributed by atoms with Crippen molar-refractivity contribution < 1.29 is 0 Å². The average Bonchev–Trinajstić information content (AvgIpc) is 3.77. The Morgan fingerprint density at radius 1 is 0.357 bits per heavy atom. The molecule has 2 heteroatoms. The fourth-order valence-electron chi connectivity index (χ4n) is 9.93. The zero-order valence-electron chi connectivity index (χ0n) is 32.2. The Morgan fingerprint density at radius 2 is 0.893 bits per heavy atom. The van der Waals surface area contributed by atoms with E-state index in [1.54, 1.807) is 0 Å². The molecule has 8 aromatic carbocycles. The summed E-state index contributed by atoms with van der Waals surface area (Å²) in [5.41, 5.74) is 20.0. The quantitative estimate of drug-likeness (QED) is 0.172. The van der Waals surface area contributed by atoms with E-state index in [9.17, 15) is 0 Å². The lowest BCUT2D eigenvalue weighted by atomic mass is 9.82. The zero-order chi connectivity index (χ0) is 37.8. The van der Waals surface area contributed by atoms with Crippen LogP contribution in [0.1, 0.15) is 49.9 Å². The van der Waals surface area contributed by atoms with Crippen LogP contribution in [0.2, 0.25) is 0 Å². The highest BCUT2D eigenvalue weighted by Gasteiger charge is 2.37. The Balaban J connectivity index is 1.17. The van der Waals surface area contributed by atoms with Crippen molar-refractivity contribution in [2.45, 2.75) is 38.5 Å². The number of anilines is 3. The van der Waals surface area contributed by atoms with Crippen molar-refractivity contribution in [1.29, 1.82) is 0 Å². The van der Waals surface area contributed by atoms with Gasteiger partial charge in [-0.1, -0.05) is 149 Å². The summed E-state index contributed by atoms with van der Waals surface area (Å²) in [6.45, 7) is 9.47. The van der Waals surface area contributed by atoms with E-state index in [1.807, 2.05) is 0 Å². The predicted octanol–water partition coefficient (Wildman–Crippen LogP) is 14.5. The summed E-state index contributed by atoms with van der Waals surface area (Å²) >= 11 is 0. The summed E-state index contributed by atoms with van der Waals surface area (Å²) in [4.78, 5) is 2.46. The minimum atomic E-state index is -0.115. The molecule has 0 radical (unpaired) electrons. The van der Waals surface area contributed by atoms with E-state index < -0.39 is 0 Å². The maximum absolute atomic E-state index is 2.48. The van der Waals surface area contributed by atoms with Gasteiger partial charge >= 0.3 is 0 Å². The van der Waals surface area contributed by atoms with Crippen molar-refractivity contribution in [1.82, 2.24) is 4.57 Å². The standard InChI is InChI=1S/C54H42N2/c1-53(2)47-24-13-11-22-41(47)43-28-26-39(31-49(43)53)55(38-21-15-18-36(30-38)35-16-7-5-8-17-35)40-27-29-44-46-33-50-45(42-23-12-14-25-48(42)54(50,3)4)34-52(46)56(51(44)32-40)37-19-9-6-10-20-37/h5-34H,1-4H3. The Kier molecular flexibility index (Phi) is 6.98. The van der Waals surface area contributed by atoms with Gasteiger partial charge in [0.2, 0.25) is 0 Å². The fraction of sp³-hybridized carbons (Fsp3) is 0.111. The van der Waals surface area contributed by atoms with Crippen LogP contribution in [0.5, 0.6) is 0 Å². The van der Waals surface area contributed by atoms with Gasteiger partial charge in [-0.05, 0) is 116 Å². The van der Waals surface area contributed by atoms with E-state index >= 15 is 0 Å². The first kappa shape index (κ1) is 32.8. The molecule has 0 saturated carbocycles. The molecule has 0 saturated heterocycles. The zero-order valence-corrected chi connectivity index (χ0v) is 32.2. The molecule has 268 valence electrons. The van der Waals surface area contributed by atoms with Crippen LogP contribution in [-0.4, -0.2) is 4.57 Å². The second-order valence-corrected chi connectivity index (χ2v) is 16.6. The largest absolute Gasteiger partial charge is 0.310 e. The van der Waals surface area contributed by atoms with Crippen LogP contribution in [0, 0.1) is 0 Å². The highest BCUT2D eigenvalue weighted by atomic mass is 15.1. The molecular weight excluding hydrogens is 677 g/mol. The van der Waals surface area contributed by atoms with Gasteiger partial charge in [-0.25, -0.2) is 0 Å². The molecule has 0 fully saturated rings. The molecule has 2 aliphatic carbocycles. The Hall–Kier alpha value is -6.64. The molecule has 2 aliphatic rings. The first-order valence-corrected chi connectivity index (χ1v) is 19.8. The monoisotopic (exact) mass is 718 g/mol. The Morgan fingerprint density at radius 3 is 1.62 bits per heavy atom. The maximum Gasteiger partial charge on any atom is 0.0561 e. The van der Waals surface area contributed by atoms with Crippen molar-refractivity contribution in [2.75, 3.05) is 4.90 Å². The summed E-state index contributed by atoms with van der Waals surface area (Å²) in [5.74, 6) is 0. The number of para-hydroxylation sites is 1. The number of nitrogens with zero attached hydrogens (tertiary/aromatic N) is 2. The Labute approximate surface area is 328 Å². The van der Waals surface area contributed by atoms with Gasteiger partial charge in [-0.3, -0.25) is 0 Å². The van der Waals surface area contributed by atoms with Crippen LogP contribution in [0.15, 0.2) is 182 Å². The van der Waals surface area contributed by atoms with E-state index in [1.165, 1.54) is 77.4 Å². The van der Waals surface area contributed by atoms with Crippen LogP contribution in [0.3, 0.4) is 0 Å². The predicted molar refractivity (Wildman–Crippen MR) is 236 cm³/mol. The molecule has 0 atom stereocenters. The summed E-state index contributed by atoms with van der Waals surface area (Å²) in [7, 11) is 0. The van der Waals surface area contributed by atoms with Gasteiger partial charge in [-0.2, -0.15) is 0 Å². The summed E-state index contributed by atoms with van der Waals surface area (Å²) < 4.78 is 2.48. The smallest absolute Gasteiger partial charge is 0.0561 e. The van der Waals surface area contributed by atoms with Crippen molar-refractivity contribution in [2.24, 2.45) is 0 Å². The second kappa shape index (κ2) is 11.9. The van der Waals surface area contributed by atoms with E-state index in [-0.39, 0.29) is 10.8 Å². The Bertz CT molecular complexity index is 3020. The van der Waals surface area contributed by atoms with Crippen molar-refractivity contribution in [3.05, 3.63) is 204 Å². The third-order valence-electron chi connectivity index (χ3n) is 12.8. The molecule has 0 unspecified atom stereocenters. The van der Waals surface area contributed by atoms with Crippen LogP contribution < -0.4 is 4.90 Å². The molecule has 0 bridgehead atoms. The molecule has 0 aliphatic heterocycles. The number of hydrogen-bond donors (Lipinski definition) is 0. The van der Waals surface area contributed by atoms with Gasteiger partial charge in [-0.15, -0.1) is 0 Å². The first-order chi connectivity index (χ1) is 27.3. The fourth-order valence-corrected chi connectivity index (χ4v) is 9.93. The van der Waals surface area contributed by atoms with E-state index in [2.05, 4.69) is 219 Å². The SMILES string of the molecule is CC1(C)c2ccccc2-c2ccc(N(c3cccc(-c4ccccc4)c3)c3ccc4c5cc6c(cc5n(-c5ccccc5)c4c3)-c3ccccc3C6(C)C)cc21. The van der Waals surface area contributed by atoms with Gasteiger partial charge in [0.25, 0.3) is 0 Å². The van der Waals surface area contributed by atoms with Crippen LogP contribution in [-0.2, 0) is 10.8 Å². The third kappa shape index (κ3) is 4.69.